The van der Waals surface area contributed by atoms with E-state index < -0.39 is 29.2 Å². The Bertz CT molecular complexity index is 485. The number of hydrogen-bond donors (Lipinski definition) is 1. The smallest absolute Gasteiger partial charge is 0.269 e. The fourth-order valence-electron chi connectivity index (χ4n) is 2.07. The zero-order chi connectivity index (χ0) is 12.8. The van der Waals surface area contributed by atoms with Crippen LogP contribution in [0.1, 0.15) is 18.4 Å². The second-order valence-electron chi connectivity index (χ2n) is 4.29. The van der Waals surface area contributed by atoms with Crippen LogP contribution in [0.25, 0.3) is 0 Å². The number of hydrogen-bond acceptors (Lipinski definition) is 3. The number of nitrogens with zero attached hydrogens (tertiary/aromatic N) is 1. The first-order valence-corrected chi connectivity index (χ1v) is 5.22. The summed E-state index contributed by atoms with van der Waals surface area (Å²) in [4.78, 5) is 9.99. The number of nitrogens with two attached hydrogens (primary N) is 1. The minimum atomic E-state index is -2.82. The highest BCUT2D eigenvalue weighted by molar-refractivity contribution is 6.31. The molecule has 0 bridgehead atoms. The van der Waals surface area contributed by atoms with E-state index in [-0.39, 0.29) is 16.3 Å². The van der Waals surface area contributed by atoms with Crippen molar-refractivity contribution in [2.75, 3.05) is 0 Å². The Morgan fingerprint density at radius 1 is 1.41 bits per heavy atom. The van der Waals surface area contributed by atoms with Gasteiger partial charge in [0.15, 0.2) is 0 Å². The molecule has 0 aromatic heterocycles. The van der Waals surface area contributed by atoms with Crippen LogP contribution < -0.4 is 5.73 Å². The second-order valence-corrected chi connectivity index (χ2v) is 4.69. The van der Waals surface area contributed by atoms with Crippen molar-refractivity contribution >= 4 is 17.3 Å². The van der Waals surface area contributed by atoms with E-state index in [0.29, 0.717) is 0 Å². The van der Waals surface area contributed by atoms with Crippen LogP contribution >= 0.6 is 11.6 Å². The van der Waals surface area contributed by atoms with Crippen molar-refractivity contribution in [3.63, 3.8) is 0 Å². The number of alkyl halides is 2. The van der Waals surface area contributed by atoms with Crippen LogP contribution in [-0.4, -0.2) is 10.8 Å². The lowest BCUT2D eigenvalue weighted by atomic mass is 9.70. The van der Waals surface area contributed by atoms with Crippen molar-refractivity contribution in [2.45, 2.75) is 24.3 Å². The topological polar surface area (TPSA) is 69.2 Å². The van der Waals surface area contributed by atoms with Gasteiger partial charge in [-0.1, -0.05) is 11.6 Å². The lowest BCUT2D eigenvalue weighted by molar-refractivity contribution is -0.385. The van der Waals surface area contributed by atoms with Crippen LogP contribution in [0.3, 0.4) is 0 Å². The number of nitro groups is 1. The molecule has 0 atom stereocenters. The van der Waals surface area contributed by atoms with Crippen molar-refractivity contribution in [3.8, 4) is 0 Å². The average Bonchev–Trinajstić information content (AvgIpc) is 2.14. The first-order chi connectivity index (χ1) is 7.73. The first-order valence-electron chi connectivity index (χ1n) is 4.85. The fourth-order valence-corrected chi connectivity index (χ4v) is 2.38. The molecule has 0 spiro atoms. The molecule has 1 aromatic rings. The first kappa shape index (κ1) is 12.2. The third-order valence-corrected chi connectivity index (χ3v) is 3.17. The average molecular weight is 263 g/mol. The lowest BCUT2D eigenvalue weighted by Crippen LogP contribution is -2.55. The van der Waals surface area contributed by atoms with Gasteiger partial charge in [-0.3, -0.25) is 10.1 Å². The summed E-state index contributed by atoms with van der Waals surface area (Å²) in [7, 11) is 0. The minimum Gasteiger partial charge on any atom is -0.321 e. The third kappa shape index (κ3) is 2.10. The minimum absolute atomic E-state index is 0.175. The molecule has 1 aliphatic carbocycles. The van der Waals surface area contributed by atoms with Gasteiger partial charge in [0.1, 0.15) is 0 Å². The van der Waals surface area contributed by atoms with Gasteiger partial charge in [0, 0.05) is 30.0 Å². The number of halogens is 3. The normalized spacial score (nSPS) is 20.7. The molecule has 4 nitrogen and oxygen atoms in total. The van der Waals surface area contributed by atoms with Crippen molar-refractivity contribution in [3.05, 3.63) is 38.9 Å². The maximum absolute atomic E-state index is 12.9. The standard InChI is InChI=1S/C10H9ClF2N2O2/c11-8-2-1-6(15(16)17)3-7(8)9(14)4-10(12,13)5-9/h1-3H,4-5,14H2. The molecule has 2 rings (SSSR count). The van der Waals surface area contributed by atoms with E-state index >= 15 is 0 Å². The molecule has 0 aliphatic heterocycles. The molecule has 17 heavy (non-hydrogen) atoms. The monoisotopic (exact) mass is 262 g/mol. The molecule has 1 aliphatic rings. The summed E-state index contributed by atoms with van der Waals surface area (Å²) in [6.07, 6.45) is -1.08. The zero-order valence-electron chi connectivity index (χ0n) is 8.62. The number of benzene rings is 1. The van der Waals surface area contributed by atoms with Gasteiger partial charge in [0.25, 0.3) is 11.6 Å². The van der Waals surface area contributed by atoms with E-state index in [1.807, 2.05) is 0 Å². The van der Waals surface area contributed by atoms with Gasteiger partial charge < -0.3 is 5.73 Å². The number of nitro benzene ring substituents is 1. The molecule has 2 N–H and O–H groups in total. The van der Waals surface area contributed by atoms with Gasteiger partial charge in [0.2, 0.25) is 0 Å². The zero-order valence-corrected chi connectivity index (χ0v) is 9.38. The molecule has 92 valence electrons. The summed E-state index contributed by atoms with van der Waals surface area (Å²) in [5.74, 6) is -2.82. The van der Waals surface area contributed by atoms with Crippen LogP contribution in [0.5, 0.6) is 0 Å². The summed E-state index contributed by atoms with van der Waals surface area (Å²) in [5.41, 5.74) is 4.51. The summed E-state index contributed by atoms with van der Waals surface area (Å²) in [5, 5.41) is 10.8. The maximum Gasteiger partial charge on any atom is 0.269 e. The van der Waals surface area contributed by atoms with Gasteiger partial charge in [-0.25, -0.2) is 8.78 Å². The molecule has 1 fully saturated rings. The Kier molecular flexibility index (Phi) is 2.59. The van der Waals surface area contributed by atoms with Gasteiger partial charge in [-0.15, -0.1) is 0 Å². The summed E-state index contributed by atoms with van der Waals surface area (Å²) in [6, 6.07) is 3.68. The highest BCUT2D eigenvalue weighted by atomic mass is 35.5. The van der Waals surface area contributed by atoms with Gasteiger partial charge in [-0.2, -0.15) is 0 Å². The number of non-ortho nitro benzene ring substituents is 1. The Hall–Kier alpha value is -1.27. The van der Waals surface area contributed by atoms with Gasteiger partial charge >= 0.3 is 0 Å². The maximum atomic E-state index is 12.9. The van der Waals surface area contributed by atoms with E-state index in [1.54, 1.807) is 0 Å². The van der Waals surface area contributed by atoms with Crippen molar-refractivity contribution < 1.29 is 13.7 Å². The molecule has 0 unspecified atom stereocenters. The van der Waals surface area contributed by atoms with Crippen molar-refractivity contribution in [1.82, 2.24) is 0 Å². The molecular formula is C10H9ClF2N2O2. The summed E-state index contributed by atoms with van der Waals surface area (Å²) < 4.78 is 25.7. The molecule has 0 amide bonds. The van der Waals surface area contributed by atoms with Gasteiger partial charge in [0.05, 0.1) is 10.5 Å². The quantitative estimate of drug-likeness (QED) is 0.658. The molecule has 1 saturated carbocycles. The summed E-state index contributed by atoms with van der Waals surface area (Å²) >= 11 is 5.84. The third-order valence-electron chi connectivity index (χ3n) is 2.85. The van der Waals surface area contributed by atoms with E-state index in [4.69, 9.17) is 17.3 Å². The Balaban J connectivity index is 2.39. The Morgan fingerprint density at radius 3 is 2.47 bits per heavy atom. The molecule has 0 saturated heterocycles. The van der Waals surface area contributed by atoms with Crippen LogP contribution in [0.2, 0.25) is 5.02 Å². The van der Waals surface area contributed by atoms with E-state index in [9.17, 15) is 18.9 Å². The highest BCUT2D eigenvalue weighted by Gasteiger charge is 2.56. The second kappa shape index (κ2) is 3.61. The largest absolute Gasteiger partial charge is 0.321 e. The fraction of sp³-hybridized carbons (Fsp3) is 0.400. The van der Waals surface area contributed by atoms with E-state index in [1.165, 1.54) is 12.1 Å². The molecule has 0 radical (unpaired) electrons. The van der Waals surface area contributed by atoms with E-state index in [0.717, 1.165) is 6.07 Å². The van der Waals surface area contributed by atoms with Crippen LogP contribution in [0.4, 0.5) is 14.5 Å². The highest BCUT2D eigenvalue weighted by Crippen LogP contribution is 2.51. The summed E-state index contributed by atoms with van der Waals surface area (Å²) in [6.45, 7) is 0. The molecule has 0 heterocycles. The van der Waals surface area contributed by atoms with Crippen LogP contribution in [-0.2, 0) is 5.54 Å². The number of rotatable bonds is 2. The Labute approximate surface area is 101 Å². The van der Waals surface area contributed by atoms with Gasteiger partial charge in [-0.05, 0) is 11.6 Å². The van der Waals surface area contributed by atoms with Crippen LogP contribution in [0, 0.1) is 10.1 Å². The lowest BCUT2D eigenvalue weighted by Gasteiger charge is -2.45. The van der Waals surface area contributed by atoms with Crippen molar-refractivity contribution in [2.24, 2.45) is 5.73 Å². The molecule has 7 heteroatoms. The predicted molar refractivity (Wildman–Crippen MR) is 58.2 cm³/mol. The predicted octanol–water partition coefficient (Wildman–Crippen LogP) is 2.83. The van der Waals surface area contributed by atoms with E-state index in [2.05, 4.69) is 0 Å². The molecule has 1 aromatic carbocycles. The van der Waals surface area contributed by atoms with Crippen molar-refractivity contribution in [1.29, 1.82) is 0 Å². The Morgan fingerprint density at radius 2 is 2.00 bits per heavy atom. The SMILES string of the molecule is NC1(c2cc([N+](=O)[O-])ccc2Cl)CC(F)(F)C1. The van der Waals surface area contributed by atoms with Crippen LogP contribution in [0.15, 0.2) is 18.2 Å². The molecular weight excluding hydrogens is 254 g/mol.